The first kappa shape index (κ1) is 14.2. The summed E-state index contributed by atoms with van der Waals surface area (Å²) in [6.07, 6.45) is 0. The number of hydrogen-bond acceptors (Lipinski definition) is 4. The van der Waals surface area contributed by atoms with Gasteiger partial charge >= 0.3 is 0 Å². The van der Waals surface area contributed by atoms with Gasteiger partial charge in [-0.2, -0.15) is 0 Å². The summed E-state index contributed by atoms with van der Waals surface area (Å²) in [5.41, 5.74) is 2.85. The number of hydrogen-bond donors (Lipinski definition) is 1. The quantitative estimate of drug-likeness (QED) is 0.927. The van der Waals surface area contributed by atoms with E-state index < -0.39 is 0 Å². The van der Waals surface area contributed by atoms with E-state index in [4.69, 9.17) is 0 Å². The first-order valence-corrected chi connectivity index (χ1v) is 8.07. The Labute approximate surface area is 128 Å². The van der Waals surface area contributed by atoms with Crippen LogP contribution in [0, 0.1) is 6.92 Å². The molecule has 3 rings (SSSR count). The van der Waals surface area contributed by atoms with Crippen molar-refractivity contribution in [2.45, 2.75) is 19.9 Å². The molecule has 1 aliphatic heterocycles. The SMILES string of the molecule is Cc1ccc(-c2nc(C(=O)N3CCNC[C@@H]3C)cs2)cc1. The zero-order valence-electron chi connectivity index (χ0n) is 12.3. The number of thiazole rings is 1. The topological polar surface area (TPSA) is 45.2 Å². The Balaban J connectivity index is 1.81. The van der Waals surface area contributed by atoms with Gasteiger partial charge in [-0.25, -0.2) is 4.98 Å². The van der Waals surface area contributed by atoms with E-state index in [0.29, 0.717) is 5.69 Å². The number of nitrogens with one attached hydrogen (secondary N) is 1. The number of carbonyl (C=O) groups is 1. The molecule has 0 bridgehead atoms. The van der Waals surface area contributed by atoms with Crippen LogP contribution in [0.25, 0.3) is 10.6 Å². The first-order valence-electron chi connectivity index (χ1n) is 7.19. The van der Waals surface area contributed by atoms with Crippen LogP contribution in [0.1, 0.15) is 23.0 Å². The second kappa shape index (κ2) is 5.95. The van der Waals surface area contributed by atoms with Crippen molar-refractivity contribution >= 4 is 17.2 Å². The number of nitrogens with zero attached hydrogens (tertiary/aromatic N) is 2. The smallest absolute Gasteiger partial charge is 0.273 e. The minimum atomic E-state index is 0.0404. The minimum absolute atomic E-state index is 0.0404. The largest absolute Gasteiger partial charge is 0.332 e. The van der Waals surface area contributed by atoms with E-state index in [1.165, 1.54) is 16.9 Å². The Bertz CT molecular complexity index is 635. The van der Waals surface area contributed by atoms with Crippen molar-refractivity contribution in [1.82, 2.24) is 15.2 Å². The molecular formula is C16H19N3OS. The number of carbonyl (C=O) groups excluding carboxylic acids is 1. The molecule has 1 amide bonds. The minimum Gasteiger partial charge on any atom is -0.332 e. The fourth-order valence-corrected chi connectivity index (χ4v) is 3.29. The number of aromatic nitrogens is 1. The van der Waals surface area contributed by atoms with Gasteiger partial charge in [0, 0.05) is 36.6 Å². The Morgan fingerprint density at radius 3 is 2.86 bits per heavy atom. The van der Waals surface area contributed by atoms with Crippen molar-refractivity contribution in [2.75, 3.05) is 19.6 Å². The molecule has 0 radical (unpaired) electrons. The summed E-state index contributed by atoms with van der Waals surface area (Å²) in [5, 5.41) is 6.07. The van der Waals surface area contributed by atoms with Gasteiger partial charge in [0.25, 0.3) is 5.91 Å². The van der Waals surface area contributed by atoms with Crippen molar-refractivity contribution in [1.29, 1.82) is 0 Å². The lowest BCUT2D eigenvalue weighted by molar-refractivity contribution is 0.0650. The third-order valence-corrected chi connectivity index (χ3v) is 4.68. The lowest BCUT2D eigenvalue weighted by atomic mass is 10.1. The molecule has 1 saturated heterocycles. The van der Waals surface area contributed by atoms with E-state index in [-0.39, 0.29) is 11.9 Å². The van der Waals surface area contributed by atoms with Crippen molar-refractivity contribution in [3.8, 4) is 10.6 Å². The molecule has 5 heteroatoms. The van der Waals surface area contributed by atoms with Crippen molar-refractivity contribution in [2.24, 2.45) is 0 Å². The van der Waals surface area contributed by atoms with Gasteiger partial charge in [-0.15, -0.1) is 11.3 Å². The van der Waals surface area contributed by atoms with Crippen LogP contribution >= 0.6 is 11.3 Å². The van der Waals surface area contributed by atoms with Gasteiger partial charge in [0.05, 0.1) is 0 Å². The summed E-state index contributed by atoms with van der Waals surface area (Å²) in [5.74, 6) is 0.0404. The predicted octanol–water partition coefficient (Wildman–Crippen LogP) is 2.55. The second-order valence-corrected chi connectivity index (χ2v) is 6.31. The number of benzene rings is 1. The Kier molecular flexibility index (Phi) is 4.03. The summed E-state index contributed by atoms with van der Waals surface area (Å²) in [6, 6.07) is 8.45. The van der Waals surface area contributed by atoms with E-state index in [0.717, 1.165) is 30.2 Å². The lowest BCUT2D eigenvalue weighted by Crippen LogP contribution is -2.52. The third-order valence-electron chi connectivity index (χ3n) is 3.78. The Hall–Kier alpha value is -1.72. The first-order chi connectivity index (χ1) is 10.1. The molecule has 0 saturated carbocycles. The Morgan fingerprint density at radius 1 is 1.38 bits per heavy atom. The van der Waals surface area contributed by atoms with E-state index >= 15 is 0 Å². The average Bonchev–Trinajstić information content (AvgIpc) is 2.98. The van der Waals surface area contributed by atoms with E-state index in [1.54, 1.807) is 0 Å². The van der Waals surface area contributed by atoms with E-state index in [9.17, 15) is 4.79 Å². The van der Waals surface area contributed by atoms with Crippen LogP contribution < -0.4 is 5.32 Å². The highest BCUT2D eigenvalue weighted by molar-refractivity contribution is 7.13. The summed E-state index contributed by atoms with van der Waals surface area (Å²) < 4.78 is 0. The fraction of sp³-hybridized carbons (Fsp3) is 0.375. The maximum Gasteiger partial charge on any atom is 0.273 e. The van der Waals surface area contributed by atoms with Crippen LogP contribution in [0.2, 0.25) is 0 Å². The standard InChI is InChI=1S/C16H19N3OS/c1-11-3-5-13(6-4-11)15-18-14(10-21-15)16(20)19-8-7-17-9-12(19)2/h3-6,10,12,17H,7-9H2,1-2H3/t12-/m0/s1. The van der Waals surface area contributed by atoms with Gasteiger partial charge in [-0.05, 0) is 13.8 Å². The average molecular weight is 301 g/mol. The molecule has 1 atom stereocenters. The van der Waals surface area contributed by atoms with Crippen LogP contribution in [0.4, 0.5) is 0 Å². The zero-order chi connectivity index (χ0) is 14.8. The third kappa shape index (κ3) is 2.99. The summed E-state index contributed by atoms with van der Waals surface area (Å²) in [4.78, 5) is 19.0. The molecular weight excluding hydrogens is 282 g/mol. The monoisotopic (exact) mass is 301 g/mol. The van der Waals surface area contributed by atoms with E-state index in [1.807, 2.05) is 10.3 Å². The lowest BCUT2D eigenvalue weighted by Gasteiger charge is -2.33. The van der Waals surface area contributed by atoms with Crippen LogP contribution in [0.5, 0.6) is 0 Å². The number of aryl methyl sites for hydroxylation is 1. The molecule has 2 heterocycles. The van der Waals surface area contributed by atoms with Crippen molar-refractivity contribution in [3.05, 3.63) is 40.9 Å². The van der Waals surface area contributed by atoms with Gasteiger partial charge < -0.3 is 10.2 Å². The predicted molar refractivity (Wildman–Crippen MR) is 85.7 cm³/mol. The molecule has 4 nitrogen and oxygen atoms in total. The molecule has 1 aromatic heterocycles. The highest BCUT2D eigenvalue weighted by Gasteiger charge is 2.25. The molecule has 21 heavy (non-hydrogen) atoms. The molecule has 110 valence electrons. The number of piperazine rings is 1. The second-order valence-electron chi connectivity index (χ2n) is 5.46. The number of amides is 1. The molecule has 1 N–H and O–H groups in total. The maximum atomic E-state index is 12.6. The van der Waals surface area contributed by atoms with Gasteiger partial charge in [-0.1, -0.05) is 29.8 Å². The van der Waals surface area contributed by atoms with Gasteiger partial charge in [0.2, 0.25) is 0 Å². The van der Waals surface area contributed by atoms with Crippen molar-refractivity contribution < 1.29 is 4.79 Å². The molecule has 2 aromatic rings. The van der Waals surface area contributed by atoms with Crippen LogP contribution in [0.3, 0.4) is 0 Å². The molecule has 0 aliphatic carbocycles. The maximum absolute atomic E-state index is 12.6. The van der Waals surface area contributed by atoms with Gasteiger partial charge in [0.1, 0.15) is 10.7 Å². The molecule has 1 aromatic carbocycles. The van der Waals surface area contributed by atoms with Crippen LogP contribution in [0.15, 0.2) is 29.6 Å². The van der Waals surface area contributed by atoms with Crippen LogP contribution in [-0.2, 0) is 0 Å². The van der Waals surface area contributed by atoms with Crippen molar-refractivity contribution in [3.63, 3.8) is 0 Å². The fourth-order valence-electron chi connectivity index (χ4n) is 2.49. The van der Waals surface area contributed by atoms with Gasteiger partial charge in [0.15, 0.2) is 0 Å². The summed E-state index contributed by atoms with van der Waals surface area (Å²) in [7, 11) is 0. The highest BCUT2D eigenvalue weighted by Crippen LogP contribution is 2.25. The molecule has 1 fully saturated rings. The number of rotatable bonds is 2. The van der Waals surface area contributed by atoms with E-state index in [2.05, 4.69) is 48.4 Å². The molecule has 0 unspecified atom stereocenters. The zero-order valence-corrected chi connectivity index (χ0v) is 13.1. The molecule has 0 spiro atoms. The summed E-state index contributed by atoms with van der Waals surface area (Å²) in [6.45, 7) is 6.58. The molecule has 1 aliphatic rings. The normalized spacial score (nSPS) is 18.8. The Morgan fingerprint density at radius 2 is 2.14 bits per heavy atom. The van der Waals surface area contributed by atoms with Gasteiger partial charge in [-0.3, -0.25) is 4.79 Å². The summed E-state index contributed by atoms with van der Waals surface area (Å²) >= 11 is 1.53. The van der Waals surface area contributed by atoms with Crippen LogP contribution in [-0.4, -0.2) is 41.5 Å². The highest BCUT2D eigenvalue weighted by atomic mass is 32.1.